The summed E-state index contributed by atoms with van der Waals surface area (Å²) in [6.45, 7) is 4.33. The van der Waals surface area contributed by atoms with Crippen LogP contribution < -0.4 is 14.5 Å². The van der Waals surface area contributed by atoms with E-state index in [0.29, 0.717) is 6.61 Å². The molecule has 0 spiro atoms. The molecular weight excluding hydrogens is 276 g/mol. The van der Waals surface area contributed by atoms with Gasteiger partial charge in [-0.25, -0.2) is 0 Å². The second-order valence-corrected chi connectivity index (χ2v) is 5.34. The molecule has 0 saturated heterocycles. The van der Waals surface area contributed by atoms with Crippen molar-refractivity contribution in [3.8, 4) is 11.5 Å². The molecule has 118 valence electrons. The Hall–Kier alpha value is -2.36. The van der Waals surface area contributed by atoms with Gasteiger partial charge >= 0.3 is 0 Å². The summed E-state index contributed by atoms with van der Waals surface area (Å²) in [5.41, 5.74) is 2.13. The van der Waals surface area contributed by atoms with Crippen molar-refractivity contribution < 1.29 is 9.84 Å². The Labute approximate surface area is 132 Å². The van der Waals surface area contributed by atoms with E-state index in [0.717, 1.165) is 30.2 Å². The monoisotopic (exact) mass is 300 g/mol. The van der Waals surface area contributed by atoms with Gasteiger partial charge in [-0.05, 0) is 31.2 Å². The summed E-state index contributed by atoms with van der Waals surface area (Å²) in [5, 5.41) is 9.58. The highest BCUT2D eigenvalue weighted by Crippen LogP contribution is 2.21. The molecule has 0 fully saturated rings. The summed E-state index contributed by atoms with van der Waals surface area (Å²) < 4.78 is 5.85. The van der Waals surface area contributed by atoms with Crippen LogP contribution in [-0.2, 0) is 0 Å². The summed E-state index contributed by atoms with van der Waals surface area (Å²) in [4.78, 5) is 4.23. The number of aromatic hydroxyl groups is 1. The third-order valence-corrected chi connectivity index (χ3v) is 3.54. The molecule has 2 aromatic carbocycles. The molecule has 0 aliphatic heterocycles. The largest absolute Gasteiger partial charge is 0.508 e. The maximum Gasteiger partial charge on any atom is 0.121 e. The molecule has 0 radical (unpaired) electrons. The van der Waals surface area contributed by atoms with Crippen LogP contribution in [0.5, 0.6) is 11.5 Å². The Morgan fingerprint density at radius 1 is 1.00 bits per heavy atom. The zero-order valence-electron chi connectivity index (χ0n) is 13.5. The highest BCUT2D eigenvalue weighted by molar-refractivity contribution is 5.51. The van der Waals surface area contributed by atoms with Crippen LogP contribution in [0.3, 0.4) is 0 Å². The third-order valence-electron chi connectivity index (χ3n) is 3.54. The van der Waals surface area contributed by atoms with Gasteiger partial charge < -0.3 is 19.6 Å². The molecule has 0 heterocycles. The Morgan fingerprint density at radius 2 is 1.73 bits per heavy atom. The van der Waals surface area contributed by atoms with Crippen LogP contribution in [0.2, 0.25) is 0 Å². The van der Waals surface area contributed by atoms with Gasteiger partial charge in [0.25, 0.3) is 0 Å². The molecule has 0 amide bonds. The van der Waals surface area contributed by atoms with E-state index >= 15 is 0 Å². The van der Waals surface area contributed by atoms with Crippen LogP contribution in [0.25, 0.3) is 0 Å². The van der Waals surface area contributed by atoms with Gasteiger partial charge in [-0.3, -0.25) is 0 Å². The predicted molar refractivity (Wildman–Crippen MR) is 92.3 cm³/mol. The van der Waals surface area contributed by atoms with E-state index in [4.69, 9.17) is 4.74 Å². The molecule has 2 rings (SSSR count). The van der Waals surface area contributed by atoms with Crippen molar-refractivity contribution in [2.75, 3.05) is 43.6 Å². The molecule has 0 atom stereocenters. The zero-order chi connectivity index (χ0) is 15.9. The molecule has 22 heavy (non-hydrogen) atoms. The first kappa shape index (κ1) is 16.0. The van der Waals surface area contributed by atoms with Gasteiger partial charge in [0.1, 0.15) is 18.1 Å². The SMILES string of the molecule is CCN(CCOc1cccc(N(C)C)c1)c1cccc(O)c1. The van der Waals surface area contributed by atoms with E-state index in [2.05, 4.69) is 22.8 Å². The molecule has 4 nitrogen and oxygen atoms in total. The van der Waals surface area contributed by atoms with Crippen LogP contribution >= 0.6 is 0 Å². The molecule has 0 aliphatic carbocycles. The van der Waals surface area contributed by atoms with Gasteiger partial charge in [-0.15, -0.1) is 0 Å². The second-order valence-electron chi connectivity index (χ2n) is 5.34. The number of anilines is 2. The molecule has 0 aliphatic rings. The Kier molecular flexibility index (Phi) is 5.53. The summed E-state index contributed by atoms with van der Waals surface area (Å²) >= 11 is 0. The molecule has 0 bridgehead atoms. The second kappa shape index (κ2) is 7.59. The van der Waals surface area contributed by atoms with E-state index in [9.17, 15) is 5.11 Å². The third kappa shape index (κ3) is 4.32. The quantitative estimate of drug-likeness (QED) is 0.850. The van der Waals surface area contributed by atoms with Gasteiger partial charge in [0.05, 0.1) is 6.54 Å². The number of hydrogen-bond donors (Lipinski definition) is 1. The lowest BCUT2D eigenvalue weighted by atomic mass is 10.2. The fraction of sp³-hybridized carbons (Fsp3) is 0.333. The molecule has 0 aromatic heterocycles. The minimum Gasteiger partial charge on any atom is -0.508 e. The molecule has 0 unspecified atom stereocenters. The highest BCUT2D eigenvalue weighted by atomic mass is 16.5. The molecule has 4 heteroatoms. The Bertz CT molecular complexity index is 599. The smallest absolute Gasteiger partial charge is 0.121 e. The van der Waals surface area contributed by atoms with Crippen LogP contribution in [0.15, 0.2) is 48.5 Å². The van der Waals surface area contributed by atoms with E-state index in [-0.39, 0.29) is 5.75 Å². The average molecular weight is 300 g/mol. The Morgan fingerprint density at radius 3 is 2.41 bits per heavy atom. The van der Waals surface area contributed by atoms with Crippen molar-refractivity contribution in [1.29, 1.82) is 0 Å². The van der Waals surface area contributed by atoms with E-state index < -0.39 is 0 Å². The van der Waals surface area contributed by atoms with Crippen molar-refractivity contribution in [1.82, 2.24) is 0 Å². The number of phenols is 1. The normalized spacial score (nSPS) is 10.3. The summed E-state index contributed by atoms with van der Waals surface area (Å²) in [7, 11) is 4.03. The highest BCUT2D eigenvalue weighted by Gasteiger charge is 2.05. The number of likely N-dealkylation sites (N-methyl/N-ethyl adjacent to an activating group) is 1. The van der Waals surface area contributed by atoms with Gasteiger partial charge in [-0.1, -0.05) is 12.1 Å². The first-order valence-corrected chi connectivity index (χ1v) is 7.54. The van der Waals surface area contributed by atoms with E-state index in [1.54, 1.807) is 12.1 Å². The maximum absolute atomic E-state index is 9.58. The number of nitrogens with zero attached hydrogens (tertiary/aromatic N) is 2. The lowest BCUT2D eigenvalue weighted by Crippen LogP contribution is -2.28. The lowest BCUT2D eigenvalue weighted by Gasteiger charge is -2.23. The fourth-order valence-electron chi connectivity index (χ4n) is 2.28. The first-order chi connectivity index (χ1) is 10.6. The van der Waals surface area contributed by atoms with Crippen LogP contribution in [0.4, 0.5) is 11.4 Å². The zero-order valence-corrected chi connectivity index (χ0v) is 13.5. The maximum atomic E-state index is 9.58. The number of benzene rings is 2. The number of hydrogen-bond acceptors (Lipinski definition) is 4. The van der Waals surface area contributed by atoms with Crippen molar-refractivity contribution in [3.05, 3.63) is 48.5 Å². The van der Waals surface area contributed by atoms with Crippen LogP contribution in [0, 0.1) is 0 Å². The van der Waals surface area contributed by atoms with Gasteiger partial charge in [-0.2, -0.15) is 0 Å². The van der Waals surface area contributed by atoms with Gasteiger partial charge in [0, 0.05) is 44.1 Å². The van der Waals surface area contributed by atoms with Crippen molar-refractivity contribution in [2.24, 2.45) is 0 Å². The van der Waals surface area contributed by atoms with Gasteiger partial charge in [0.2, 0.25) is 0 Å². The van der Waals surface area contributed by atoms with Gasteiger partial charge in [0.15, 0.2) is 0 Å². The summed E-state index contributed by atoms with van der Waals surface area (Å²) in [6, 6.07) is 15.4. The lowest BCUT2D eigenvalue weighted by molar-refractivity contribution is 0.324. The standard InChI is InChI=1S/C18H24N2O2/c1-4-20(16-8-5-9-17(21)13-16)11-12-22-18-10-6-7-15(14-18)19(2)3/h5-10,13-14,21H,4,11-12H2,1-3H3. The summed E-state index contributed by atoms with van der Waals surface area (Å²) in [5.74, 6) is 1.16. The van der Waals surface area contributed by atoms with Crippen molar-refractivity contribution >= 4 is 11.4 Å². The number of ether oxygens (including phenoxy) is 1. The van der Waals surface area contributed by atoms with E-state index in [1.165, 1.54) is 0 Å². The van der Waals surface area contributed by atoms with Crippen LogP contribution in [-0.4, -0.2) is 38.9 Å². The minimum atomic E-state index is 0.288. The van der Waals surface area contributed by atoms with Crippen molar-refractivity contribution in [3.63, 3.8) is 0 Å². The topological polar surface area (TPSA) is 35.9 Å². The average Bonchev–Trinajstić information content (AvgIpc) is 2.52. The molecule has 2 aromatic rings. The summed E-state index contributed by atoms with van der Waals surface area (Å²) in [6.07, 6.45) is 0. The van der Waals surface area contributed by atoms with Crippen LogP contribution in [0.1, 0.15) is 6.92 Å². The molecule has 0 saturated carbocycles. The van der Waals surface area contributed by atoms with E-state index in [1.807, 2.05) is 44.4 Å². The number of phenolic OH excluding ortho intramolecular Hbond substituents is 1. The van der Waals surface area contributed by atoms with Crippen molar-refractivity contribution in [2.45, 2.75) is 6.92 Å². The molecule has 1 N–H and O–H groups in total. The number of rotatable bonds is 7. The molecular formula is C18H24N2O2. The first-order valence-electron chi connectivity index (χ1n) is 7.54. The minimum absolute atomic E-state index is 0.288. The fourth-order valence-corrected chi connectivity index (χ4v) is 2.28. The Balaban J connectivity index is 1.93. The predicted octanol–water partition coefficient (Wildman–Crippen LogP) is 3.36.